The van der Waals surface area contributed by atoms with E-state index in [9.17, 15) is 14.7 Å². The molecule has 3 rings (SSSR count). The molecule has 2 aromatic carbocycles. The zero-order valence-corrected chi connectivity index (χ0v) is 19.0. The molecule has 2 amide bonds. The van der Waals surface area contributed by atoms with E-state index in [-0.39, 0.29) is 12.6 Å². The van der Waals surface area contributed by atoms with Gasteiger partial charge in [-0.15, -0.1) is 0 Å². The van der Waals surface area contributed by atoms with Gasteiger partial charge in [0, 0.05) is 19.6 Å². The lowest BCUT2D eigenvalue weighted by atomic mass is 10.1. The Morgan fingerprint density at radius 2 is 1.76 bits per heavy atom. The van der Waals surface area contributed by atoms with Crippen LogP contribution in [0.4, 0.5) is 4.79 Å². The van der Waals surface area contributed by atoms with Crippen LogP contribution in [-0.2, 0) is 4.74 Å². The van der Waals surface area contributed by atoms with E-state index < -0.39 is 12.1 Å². The second-order valence-corrected chi connectivity index (χ2v) is 7.97. The molecule has 2 aromatic rings. The van der Waals surface area contributed by atoms with E-state index in [1.807, 2.05) is 19.1 Å². The molecule has 1 saturated heterocycles. The zero-order valence-electron chi connectivity index (χ0n) is 19.0. The van der Waals surface area contributed by atoms with Crippen molar-refractivity contribution >= 4 is 12.0 Å². The van der Waals surface area contributed by atoms with Gasteiger partial charge in [-0.05, 0) is 62.1 Å². The Balaban J connectivity index is 1.30. The van der Waals surface area contributed by atoms with E-state index in [1.54, 1.807) is 41.3 Å². The van der Waals surface area contributed by atoms with Crippen LogP contribution < -0.4 is 14.8 Å². The molecule has 0 spiro atoms. The van der Waals surface area contributed by atoms with Crippen LogP contribution in [0.5, 0.6) is 11.5 Å². The first kappa shape index (κ1) is 24.5. The number of hydrogen-bond donors (Lipinski definition) is 2. The van der Waals surface area contributed by atoms with E-state index in [0.717, 1.165) is 18.4 Å². The molecule has 0 saturated carbocycles. The summed E-state index contributed by atoms with van der Waals surface area (Å²) in [6.07, 6.45) is 1.55. The van der Waals surface area contributed by atoms with Crippen LogP contribution in [0.3, 0.4) is 0 Å². The molecule has 1 aliphatic rings. The first-order valence-electron chi connectivity index (χ1n) is 11.3. The summed E-state index contributed by atoms with van der Waals surface area (Å²) in [5.74, 6) is 0.608. The quantitative estimate of drug-likeness (QED) is 0.324. The summed E-state index contributed by atoms with van der Waals surface area (Å²) in [5, 5.41) is 13.0. The SMILES string of the molecule is Cc1ccccc1C(=O)Oc1ccc(OC[C@@H](O)CCCCNC(=O)N2CCOCC2)cc1. The predicted molar refractivity (Wildman–Crippen MR) is 124 cm³/mol. The van der Waals surface area contributed by atoms with Crippen molar-refractivity contribution in [1.82, 2.24) is 10.2 Å². The Labute approximate surface area is 194 Å². The van der Waals surface area contributed by atoms with Crippen molar-refractivity contribution in [3.05, 3.63) is 59.7 Å². The smallest absolute Gasteiger partial charge is 0.343 e. The van der Waals surface area contributed by atoms with Crippen molar-refractivity contribution in [2.24, 2.45) is 0 Å². The predicted octanol–water partition coefficient (Wildman–Crippen LogP) is 3.17. The zero-order chi connectivity index (χ0) is 23.5. The normalized spacial score (nSPS) is 14.4. The number of nitrogens with one attached hydrogen (secondary N) is 1. The van der Waals surface area contributed by atoms with E-state index in [4.69, 9.17) is 14.2 Å². The summed E-state index contributed by atoms with van der Waals surface area (Å²) in [6.45, 7) is 5.02. The maximum atomic E-state index is 12.3. The third kappa shape index (κ3) is 8.07. The lowest BCUT2D eigenvalue weighted by Crippen LogP contribution is -2.46. The van der Waals surface area contributed by atoms with E-state index in [0.29, 0.717) is 56.3 Å². The van der Waals surface area contributed by atoms with Gasteiger partial charge in [0.05, 0.1) is 24.9 Å². The van der Waals surface area contributed by atoms with Gasteiger partial charge < -0.3 is 29.5 Å². The molecule has 8 heteroatoms. The maximum absolute atomic E-state index is 12.3. The van der Waals surface area contributed by atoms with Crippen LogP contribution in [0.2, 0.25) is 0 Å². The number of unbranched alkanes of at least 4 members (excludes halogenated alkanes) is 1. The summed E-state index contributed by atoms with van der Waals surface area (Å²) in [6, 6.07) is 13.9. The number of benzene rings is 2. The molecule has 1 aliphatic heterocycles. The summed E-state index contributed by atoms with van der Waals surface area (Å²) in [5.41, 5.74) is 1.39. The first-order chi connectivity index (χ1) is 16.0. The number of urea groups is 1. The van der Waals surface area contributed by atoms with Gasteiger partial charge in [-0.25, -0.2) is 9.59 Å². The molecule has 0 aromatic heterocycles. The Morgan fingerprint density at radius 1 is 1.06 bits per heavy atom. The first-order valence-corrected chi connectivity index (χ1v) is 11.3. The second kappa shape index (κ2) is 12.8. The fourth-order valence-electron chi connectivity index (χ4n) is 3.42. The fraction of sp³-hybridized carbons (Fsp3) is 0.440. The number of ether oxygens (including phenoxy) is 3. The van der Waals surface area contributed by atoms with Gasteiger partial charge in [0.15, 0.2) is 0 Å². The number of morpholine rings is 1. The fourth-order valence-corrected chi connectivity index (χ4v) is 3.42. The minimum atomic E-state index is -0.599. The molecule has 178 valence electrons. The van der Waals surface area contributed by atoms with Crippen LogP contribution in [-0.4, -0.2) is 67.6 Å². The van der Waals surface area contributed by atoms with Crippen molar-refractivity contribution in [2.75, 3.05) is 39.5 Å². The van der Waals surface area contributed by atoms with Gasteiger partial charge in [0.25, 0.3) is 0 Å². The number of amides is 2. The van der Waals surface area contributed by atoms with Crippen LogP contribution in [0.1, 0.15) is 35.2 Å². The van der Waals surface area contributed by atoms with Crippen molar-refractivity contribution in [3.63, 3.8) is 0 Å². The minimum Gasteiger partial charge on any atom is -0.491 e. The minimum absolute atomic E-state index is 0.0600. The molecule has 2 N–H and O–H groups in total. The highest BCUT2D eigenvalue weighted by Crippen LogP contribution is 2.20. The molecule has 0 radical (unpaired) electrons. The van der Waals surface area contributed by atoms with E-state index in [1.165, 1.54) is 0 Å². The molecule has 0 unspecified atom stereocenters. The van der Waals surface area contributed by atoms with Crippen LogP contribution >= 0.6 is 0 Å². The number of aliphatic hydroxyl groups is 1. The number of carbonyl (C=O) groups is 2. The van der Waals surface area contributed by atoms with Crippen LogP contribution in [0.25, 0.3) is 0 Å². The highest BCUT2D eigenvalue weighted by atomic mass is 16.5. The topological polar surface area (TPSA) is 97.3 Å². The molecule has 33 heavy (non-hydrogen) atoms. The number of carbonyl (C=O) groups excluding carboxylic acids is 2. The maximum Gasteiger partial charge on any atom is 0.343 e. The van der Waals surface area contributed by atoms with Gasteiger partial charge in [0.2, 0.25) is 0 Å². The van der Waals surface area contributed by atoms with Crippen molar-refractivity contribution in [1.29, 1.82) is 0 Å². The van der Waals surface area contributed by atoms with Crippen molar-refractivity contribution in [3.8, 4) is 11.5 Å². The molecule has 8 nitrogen and oxygen atoms in total. The molecule has 0 bridgehead atoms. The summed E-state index contributed by atoms with van der Waals surface area (Å²) < 4.78 is 16.3. The summed E-state index contributed by atoms with van der Waals surface area (Å²) >= 11 is 0. The van der Waals surface area contributed by atoms with Gasteiger partial charge in [-0.2, -0.15) is 0 Å². The number of aliphatic hydroxyl groups excluding tert-OH is 1. The van der Waals surface area contributed by atoms with Gasteiger partial charge in [-0.3, -0.25) is 0 Å². The Morgan fingerprint density at radius 3 is 2.48 bits per heavy atom. The highest BCUT2D eigenvalue weighted by molar-refractivity contribution is 5.92. The Kier molecular flexibility index (Phi) is 9.53. The van der Waals surface area contributed by atoms with Crippen molar-refractivity contribution < 1.29 is 28.9 Å². The third-order valence-corrected chi connectivity index (χ3v) is 5.38. The molecule has 1 heterocycles. The van der Waals surface area contributed by atoms with Gasteiger partial charge in [-0.1, -0.05) is 18.2 Å². The van der Waals surface area contributed by atoms with E-state index in [2.05, 4.69) is 5.32 Å². The number of aryl methyl sites for hydroxylation is 1. The standard InChI is InChI=1S/C25H32N2O6/c1-19-6-2-3-8-23(19)24(29)33-22-11-9-21(10-12-22)32-18-20(28)7-4-5-13-26-25(30)27-14-16-31-17-15-27/h2-3,6,8-12,20,28H,4-5,7,13-18H2,1H3,(H,26,30)/t20-/m0/s1. The van der Waals surface area contributed by atoms with Crippen molar-refractivity contribution in [2.45, 2.75) is 32.3 Å². The molecular weight excluding hydrogens is 424 g/mol. The number of rotatable bonds is 10. The average Bonchev–Trinajstić information content (AvgIpc) is 2.84. The summed E-state index contributed by atoms with van der Waals surface area (Å²) in [7, 11) is 0. The molecule has 1 atom stereocenters. The number of nitrogens with zero attached hydrogens (tertiary/aromatic N) is 1. The molecular formula is C25H32N2O6. The molecule has 1 fully saturated rings. The summed E-state index contributed by atoms with van der Waals surface area (Å²) in [4.78, 5) is 26.0. The molecule has 0 aliphatic carbocycles. The van der Waals surface area contributed by atoms with Gasteiger partial charge in [0.1, 0.15) is 18.1 Å². The Hall–Kier alpha value is -3.10. The van der Waals surface area contributed by atoms with Gasteiger partial charge >= 0.3 is 12.0 Å². The lowest BCUT2D eigenvalue weighted by Gasteiger charge is -2.26. The monoisotopic (exact) mass is 456 g/mol. The van der Waals surface area contributed by atoms with E-state index >= 15 is 0 Å². The largest absolute Gasteiger partial charge is 0.491 e. The van der Waals surface area contributed by atoms with Crippen LogP contribution in [0.15, 0.2) is 48.5 Å². The van der Waals surface area contributed by atoms with Crippen LogP contribution in [0, 0.1) is 6.92 Å². The second-order valence-electron chi connectivity index (χ2n) is 7.97. The number of esters is 1. The Bertz CT molecular complexity index is 896. The highest BCUT2D eigenvalue weighted by Gasteiger charge is 2.16. The lowest BCUT2D eigenvalue weighted by molar-refractivity contribution is 0.0532. The third-order valence-electron chi connectivity index (χ3n) is 5.38. The number of hydrogen-bond acceptors (Lipinski definition) is 6. The average molecular weight is 457 g/mol.